The lowest BCUT2D eigenvalue weighted by Crippen LogP contribution is -2.37. The van der Waals surface area contributed by atoms with Gasteiger partial charge in [0.1, 0.15) is 6.61 Å². The Morgan fingerprint density at radius 3 is 2.71 bits per heavy atom. The Bertz CT molecular complexity index is 273. The molecule has 2 aliphatic rings. The van der Waals surface area contributed by atoms with Gasteiger partial charge in [-0.05, 0) is 37.8 Å². The first kappa shape index (κ1) is 12.8. The lowest BCUT2D eigenvalue weighted by molar-refractivity contribution is -0.138. The zero-order chi connectivity index (χ0) is 12.3. The summed E-state index contributed by atoms with van der Waals surface area (Å²) in [5, 5.41) is 3.29. The molecule has 17 heavy (non-hydrogen) atoms. The molecule has 4 heteroatoms. The van der Waals surface area contributed by atoms with Crippen LogP contribution in [0, 0.1) is 5.41 Å². The van der Waals surface area contributed by atoms with E-state index in [1.807, 2.05) is 4.90 Å². The predicted molar refractivity (Wildman–Crippen MR) is 66.8 cm³/mol. The third-order valence-corrected chi connectivity index (χ3v) is 3.76. The van der Waals surface area contributed by atoms with E-state index in [9.17, 15) is 4.79 Å². The lowest BCUT2D eigenvalue weighted by Gasteiger charge is -2.24. The summed E-state index contributed by atoms with van der Waals surface area (Å²) in [6.07, 6.45) is 3.43. The first-order chi connectivity index (χ1) is 8.07. The van der Waals surface area contributed by atoms with Gasteiger partial charge in [0.05, 0.1) is 6.10 Å². The maximum atomic E-state index is 12.0. The summed E-state index contributed by atoms with van der Waals surface area (Å²) < 4.78 is 5.69. The van der Waals surface area contributed by atoms with Gasteiger partial charge in [0.25, 0.3) is 0 Å². The van der Waals surface area contributed by atoms with Crippen molar-refractivity contribution >= 4 is 5.91 Å². The highest BCUT2D eigenvalue weighted by molar-refractivity contribution is 5.77. The van der Waals surface area contributed by atoms with Crippen LogP contribution < -0.4 is 5.32 Å². The Morgan fingerprint density at radius 1 is 1.41 bits per heavy atom. The minimum Gasteiger partial charge on any atom is -0.368 e. The highest BCUT2D eigenvalue weighted by Gasteiger charge is 2.32. The van der Waals surface area contributed by atoms with Crippen molar-refractivity contribution < 1.29 is 9.53 Å². The van der Waals surface area contributed by atoms with Crippen molar-refractivity contribution in [2.24, 2.45) is 5.41 Å². The molecule has 0 radical (unpaired) electrons. The fraction of sp³-hybridized carbons (Fsp3) is 0.923. The highest BCUT2D eigenvalue weighted by Crippen LogP contribution is 2.28. The van der Waals surface area contributed by atoms with Crippen LogP contribution in [0.15, 0.2) is 0 Å². The van der Waals surface area contributed by atoms with E-state index in [2.05, 4.69) is 19.2 Å². The number of nitrogens with zero attached hydrogens (tertiary/aromatic N) is 1. The van der Waals surface area contributed by atoms with E-state index < -0.39 is 0 Å². The zero-order valence-corrected chi connectivity index (χ0v) is 11.0. The van der Waals surface area contributed by atoms with E-state index in [0.717, 1.165) is 45.4 Å². The first-order valence-corrected chi connectivity index (χ1v) is 6.67. The van der Waals surface area contributed by atoms with Crippen molar-refractivity contribution in [1.82, 2.24) is 10.2 Å². The molecule has 2 heterocycles. The van der Waals surface area contributed by atoms with E-state index in [0.29, 0.717) is 0 Å². The third-order valence-electron chi connectivity index (χ3n) is 3.76. The molecule has 0 aromatic heterocycles. The summed E-state index contributed by atoms with van der Waals surface area (Å²) in [4.78, 5) is 13.9. The van der Waals surface area contributed by atoms with Gasteiger partial charge in [-0.3, -0.25) is 4.79 Å². The standard InChI is InChI=1S/C13H24N2O2/c1-13(2)5-8-15(10-13)12(16)9-17-11-3-6-14-7-4-11/h11,14H,3-10H2,1-2H3. The Morgan fingerprint density at radius 2 is 2.12 bits per heavy atom. The van der Waals surface area contributed by atoms with Crippen LogP contribution in [-0.4, -0.2) is 49.7 Å². The molecule has 2 aliphatic heterocycles. The van der Waals surface area contributed by atoms with Gasteiger partial charge < -0.3 is 15.0 Å². The number of carbonyl (C=O) groups excluding carboxylic acids is 1. The van der Waals surface area contributed by atoms with Gasteiger partial charge in [0, 0.05) is 13.1 Å². The van der Waals surface area contributed by atoms with E-state index in [-0.39, 0.29) is 24.0 Å². The first-order valence-electron chi connectivity index (χ1n) is 6.67. The Kier molecular flexibility index (Phi) is 4.05. The zero-order valence-electron chi connectivity index (χ0n) is 11.0. The Labute approximate surface area is 104 Å². The molecule has 0 bridgehead atoms. The van der Waals surface area contributed by atoms with Gasteiger partial charge in [0.15, 0.2) is 0 Å². The largest absolute Gasteiger partial charge is 0.368 e. The van der Waals surface area contributed by atoms with Crippen molar-refractivity contribution in [3.63, 3.8) is 0 Å². The normalized spacial score (nSPS) is 25.2. The molecule has 2 rings (SSSR count). The Hall–Kier alpha value is -0.610. The molecule has 0 spiro atoms. The van der Waals surface area contributed by atoms with E-state index >= 15 is 0 Å². The third kappa shape index (κ3) is 3.68. The van der Waals surface area contributed by atoms with Gasteiger partial charge in [0.2, 0.25) is 5.91 Å². The number of piperidine rings is 1. The number of rotatable bonds is 3. The van der Waals surface area contributed by atoms with E-state index in [1.165, 1.54) is 0 Å². The van der Waals surface area contributed by atoms with E-state index in [1.54, 1.807) is 0 Å². The fourth-order valence-corrected chi connectivity index (χ4v) is 2.57. The van der Waals surface area contributed by atoms with Gasteiger partial charge >= 0.3 is 0 Å². The van der Waals surface area contributed by atoms with E-state index in [4.69, 9.17) is 4.74 Å². The quantitative estimate of drug-likeness (QED) is 0.800. The topological polar surface area (TPSA) is 41.6 Å². The van der Waals surface area contributed by atoms with Crippen molar-refractivity contribution in [2.45, 2.75) is 39.2 Å². The van der Waals surface area contributed by atoms with Crippen LogP contribution in [0.3, 0.4) is 0 Å². The number of hydrogen-bond acceptors (Lipinski definition) is 3. The lowest BCUT2D eigenvalue weighted by atomic mass is 9.93. The van der Waals surface area contributed by atoms with Crippen LogP contribution in [0.25, 0.3) is 0 Å². The maximum absolute atomic E-state index is 12.0. The van der Waals surface area contributed by atoms with Crippen molar-refractivity contribution in [1.29, 1.82) is 0 Å². The summed E-state index contributed by atoms with van der Waals surface area (Å²) in [5.41, 5.74) is 0.282. The molecule has 2 saturated heterocycles. The number of nitrogens with one attached hydrogen (secondary N) is 1. The maximum Gasteiger partial charge on any atom is 0.248 e. The molecule has 0 aliphatic carbocycles. The summed E-state index contributed by atoms with van der Waals surface area (Å²) >= 11 is 0. The number of likely N-dealkylation sites (tertiary alicyclic amines) is 1. The van der Waals surface area contributed by atoms with Gasteiger partial charge in [-0.25, -0.2) is 0 Å². The van der Waals surface area contributed by atoms with Gasteiger partial charge in [-0.1, -0.05) is 13.8 Å². The van der Waals surface area contributed by atoms with Crippen LogP contribution in [0.1, 0.15) is 33.1 Å². The van der Waals surface area contributed by atoms with Crippen LogP contribution in [0.4, 0.5) is 0 Å². The van der Waals surface area contributed by atoms with Crippen molar-refractivity contribution in [3.8, 4) is 0 Å². The molecule has 0 saturated carbocycles. The van der Waals surface area contributed by atoms with Crippen LogP contribution in [0.5, 0.6) is 0 Å². The minimum absolute atomic E-state index is 0.161. The number of hydrogen-bond donors (Lipinski definition) is 1. The molecule has 2 fully saturated rings. The van der Waals surface area contributed by atoms with Crippen molar-refractivity contribution in [3.05, 3.63) is 0 Å². The number of ether oxygens (including phenoxy) is 1. The van der Waals surface area contributed by atoms with Crippen LogP contribution in [0.2, 0.25) is 0 Å². The predicted octanol–water partition coefficient (Wildman–Crippen LogP) is 1.01. The second-order valence-corrected chi connectivity index (χ2v) is 5.99. The molecule has 98 valence electrons. The number of amides is 1. The Balaban J connectivity index is 1.70. The van der Waals surface area contributed by atoms with Gasteiger partial charge in [-0.15, -0.1) is 0 Å². The summed E-state index contributed by atoms with van der Waals surface area (Å²) in [6, 6.07) is 0. The minimum atomic E-state index is 0.161. The second-order valence-electron chi connectivity index (χ2n) is 5.99. The fourth-order valence-electron chi connectivity index (χ4n) is 2.57. The summed E-state index contributed by atoms with van der Waals surface area (Å²) in [6.45, 7) is 8.48. The molecule has 0 aromatic rings. The van der Waals surface area contributed by atoms with Gasteiger partial charge in [-0.2, -0.15) is 0 Å². The van der Waals surface area contributed by atoms with Crippen molar-refractivity contribution in [2.75, 3.05) is 32.8 Å². The molecular weight excluding hydrogens is 216 g/mol. The molecule has 0 aromatic carbocycles. The molecule has 4 nitrogen and oxygen atoms in total. The molecule has 0 atom stereocenters. The van der Waals surface area contributed by atoms with Crippen LogP contribution >= 0.6 is 0 Å². The molecule has 1 N–H and O–H groups in total. The summed E-state index contributed by atoms with van der Waals surface area (Å²) in [7, 11) is 0. The second kappa shape index (κ2) is 5.36. The SMILES string of the molecule is CC1(C)CCN(C(=O)COC2CCNCC2)C1. The highest BCUT2D eigenvalue weighted by atomic mass is 16.5. The molecular formula is C13H24N2O2. The number of carbonyl (C=O) groups is 1. The molecule has 1 amide bonds. The summed E-state index contributed by atoms with van der Waals surface area (Å²) in [5.74, 6) is 0.161. The average Bonchev–Trinajstić information content (AvgIpc) is 2.68. The van der Waals surface area contributed by atoms with Crippen LogP contribution in [-0.2, 0) is 9.53 Å². The monoisotopic (exact) mass is 240 g/mol. The smallest absolute Gasteiger partial charge is 0.248 e. The average molecular weight is 240 g/mol. The molecule has 0 unspecified atom stereocenters.